The number of methoxy groups -OCH3 is 2. The summed E-state index contributed by atoms with van der Waals surface area (Å²) in [6, 6.07) is 21.3. The van der Waals surface area contributed by atoms with Gasteiger partial charge in [0, 0.05) is 51.8 Å². The van der Waals surface area contributed by atoms with Crippen molar-refractivity contribution in [2.45, 2.75) is 51.4 Å². The van der Waals surface area contributed by atoms with Crippen LogP contribution in [0.2, 0.25) is 5.04 Å². The van der Waals surface area contributed by atoms with Crippen LogP contribution in [-0.2, 0) is 18.7 Å². The molecular formula is C26H36O4SSi. The molecule has 6 heteroatoms. The Morgan fingerprint density at radius 2 is 1.41 bits per heavy atom. The number of thioether (sulfide) groups is 1. The third-order valence-electron chi connectivity index (χ3n) is 6.63. The summed E-state index contributed by atoms with van der Waals surface area (Å²) in [5, 5.41) is 2.56. The first-order chi connectivity index (χ1) is 15.1. The van der Waals surface area contributed by atoms with E-state index in [1.54, 1.807) is 21.1 Å². The fourth-order valence-electron chi connectivity index (χ4n) is 4.99. The van der Waals surface area contributed by atoms with E-state index >= 15 is 0 Å². The fraction of sp³-hybridized carbons (Fsp3) is 0.500. The van der Waals surface area contributed by atoms with E-state index < -0.39 is 14.1 Å². The largest absolute Gasteiger partial charge is 0.407 e. The lowest BCUT2D eigenvalue weighted by molar-refractivity contribution is -0.296. The molecule has 3 rings (SSSR count). The van der Waals surface area contributed by atoms with Crippen molar-refractivity contribution in [3.05, 3.63) is 60.7 Å². The molecule has 0 aromatic heterocycles. The molecule has 1 aliphatic carbocycles. The van der Waals surface area contributed by atoms with Gasteiger partial charge < -0.3 is 13.9 Å². The first-order valence-corrected chi connectivity index (χ1v) is 14.0. The quantitative estimate of drug-likeness (QED) is 0.394. The van der Waals surface area contributed by atoms with E-state index in [0.29, 0.717) is 25.2 Å². The number of rotatable bonds is 9. The number of hydrogen-bond donors (Lipinski definition) is 0. The molecule has 0 aliphatic heterocycles. The van der Waals surface area contributed by atoms with Crippen LogP contribution in [-0.4, -0.2) is 45.8 Å². The fourth-order valence-corrected chi connectivity index (χ4v) is 10.5. The van der Waals surface area contributed by atoms with Gasteiger partial charge in [0.05, 0.1) is 0 Å². The van der Waals surface area contributed by atoms with Gasteiger partial charge in [-0.05, 0) is 15.4 Å². The second-order valence-electron chi connectivity index (χ2n) is 9.90. The molecule has 32 heavy (non-hydrogen) atoms. The molecule has 0 bridgehead atoms. The summed E-state index contributed by atoms with van der Waals surface area (Å²) in [5.41, 5.74) is -0.171. The van der Waals surface area contributed by atoms with Crippen molar-refractivity contribution in [3.8, 4) is 0 Å². The standard InChI is InChI=1S/C26H36O4SSi/c1-21(27)31-20-25(17-26(18-25,28-5)29-6)19-30-32(24(2,3)4,22-13-9-7-10-14-22)23-15-11-8-12-16-23/h7-16H,17-20H2,1-6H3. The van der Waals surface area contributed by atoms with Crippen molar-refractivity contribution in [1.82, 2.24) is 0 Å². The number of carbonyl (C=O) groups is 1. The topological polar surface area (TPSA) is 44.8 Å². The highest BCUT2D eigenvalue weighted by Gasteiger charge is 2.58. The molecule has 1 aliphatic rings. The molecule has 0 N–H and O–H groups in total. The van der Waals surface area contributed by atoms with Gasteiger partial charge >= 0.3 is 0 Å². The van der Waals surface area contributed by atoms with Crippen molar-refractivity contribution in [2.24, 2.45) is 5.41 Å². The normalized spacial score (nSPS) is 17.6. The summed E-state index contributed by atoms with van der Waals surface area (Å²) in [4.78, 5) is 11.8. The molecular weight excluding hydrogens is 436 g/mol. The summed E-state index contributed by atoms with van der Waals surface area (Å²) in [5.74, 6) is 0.112. The van der Waals surface area contributed by atoms with Crippen LogP contribution in [0.5, 0.6) is 0 Å². The Labute approximate surface area is 198 Å². The third kappa shape index (κ3) is 4.90. The van der Waals surface area contributed by atoms with Crippen molar-refractivity contribution < 1.29 is 18.7 Å². The number of ether oxygens (including phenoxy) is 2. The molecule has 1 saturated carbocycles. The molecule has 4 nitrogen and oxygen atoms in total. The van der Waals surface area contributed by atoms with Gasteiger partial charge in [0.1, 0.15) is 0 Å². The van der Waals surface area contributed by atoms with Gasteiger partial charge in [-0.1, -0.05) is 93.2 Å². The van der Waals surface area contributed by atoms with Crippen LogP contribution < -0.4 is 10.4 Å². The smallest absolute Gasteiger partial charge is 0.261 e. The first-order valence-electron chi connectivity index (χ1n) is 11.1. The van der Waals surface area contributed by atoms with E-state index in [1.807, 2.05) is 0 Å². The van der Waals surface area contributed by atoms with Crippen LogP contribution >= 0.6 is 11.8 Å². The summed E-state index contributed by atoms with van der Waals surface area (Å²) < 4.78 is 18.6. The molecule has 0 saturated heterocycles. The summed E-state index contributed by atoms with van der Waals surface area (Å²) in [6.07, 6.45) is 1.43. The third-order valence-corrected chi connectivity index (χ3v) is 12.8. The molecule has 0 unspecified atom stereocenters. The van der Waals surface area contributed by atoms with Crippen molar-refractivity contribution >= 4 is 35.6 Å². The Hall–Kier alpha value is -1.44. The molecule has 0 amide bonds. The van der Waals surface area contributed by atoms with Crippen molar-refractivity contribution in [2.75, 3.05) is 26.6 Å². The van der Waals surface area contributed by atoms with E-state index in [-0.39, 0.29) is 15.6 Å². The Morgan fingerprint density at radius 3 is 1.78 bits per heavy atom. The van der Waals surface area contributed by atoms with Gasteiger partial charge in [-0.2, -0.15) is 0 Å². The number of benzene rings is 2. The zero-order chi connectivity index (χ0) is 23.5. The molecule has 0 heterocycles. The Kier molecular flexibility index (Phi) is 7.72. The van der Waals surface area contributed by atoms with Crippen molar-refractivity contribution in [3.63, 3.8) is 0 Å². The molecule has 2 aromatic rings. The van der Waals surface area contributed by atoms with Crippen LogP contribution in [0.3, 0.4) is 0 Å². The molecule has 174 valence electrons. The lowest BCUT2D eigenvalue weighted by Gasteiger charge is -2.55. The first kappa shape index (κ1) is 25.2. The Morgan fingerprint density at radius 1 is 0.938 bits per heavy atom. The van der Waals surface area contributed by atoms with Crippen LogP contribution in [0.1, 0.15) is 40.5 Å². The van der Waals surface area contributed by atoms with Crippen LogP contribution in [0, 0.1) is 5.41 Å². The molecule has 1 fully saturated rings. The predicted molar refractivity (Wildman–Crippen MR) is 135 cm³/mol. The SMILES string of the molecule is COC1(OC)CC(CO[Si](c2ccccc2)(c2ccccc2)C(C)(C)C)(CSC(C)=O)C1. The molecule has 0 spiro atoms. The van der Waals surface area contributed by atoms with Gasteiger partial charge in [-0.15, -0.1) is 0 Å². The number of hydrogen-bond acceptors (Lipinski definition) is 5. The Bertz CT molecular complexity index is 844. The van der Waals surface area contributed by atoms with E-state index in [0.717, 1.165) is 0 Å². The highest BCUT2D eigenvalue weighted by atomic mass is 32.2. The van der Waals surface area contributed by atoms with E-state index in [2.05, 4.69) is 81.4 Å². The number of carbonyl (C=O) groups excluding carboxylic acids is 1. The minimum absolute atomic E-state index is 0.0893. The summed E-state index contributed by atoms with van der Waals surface area (Å²) >= 11 is 1.37. The zero-order valence-electron chi connectivity index (χ0n) is 20.1. The zero-order valence-corrected chi connectivity index (χ0v) is 22.0. The average molecular weight is 473 g/mol. The minimum Gasteiger partial charge on any atom is -0.407 e. The maximum atomic E-state index is 11.8. The van der Waals surface area contributed by atoms with Gasteiger partial charge in [-0.25, -0.2) is 0 Å². The summed E-state index contributed by atoms with van der Waals surface area (Å²) in [6.45, 7) is 9.04. The average Bonchev–Trinajstić information content (AvgIpc) is 2.75. The van der Waals surface area contributed by atoms with E-state index in [1.165, 1.54) is 22.1 Å². The minimum atomic E-state index is -2.64. The maximum Gasteiger partial charge on any atom is 0.261 e. The second kappa shape index (κ2) is 9.81. The van der Waals surface area contributed by atoms with Crippen LogP contribution in [0.15, 0.2) is 60.7 Å². The lowest BCUT2D eigenvalue weighted by Crippen LogP contribution is -2.68. The monoisotopic (exact) mass is 472 g/mol. The van der Waals surface area contributed by atoms with E-state index in [9.17, 15) is 4.79 Å². The van der Waals surface area contributed by atoms with Gasteiger partial charge in [0.2, 0.25) is 0 Å². The van der Waals surface area contributed by atoms with Gasteiger partial charge in [0.25, 0.3) is 8.32 Å². The van der Waals surface area contributed by atoms with Crippen LogP contribution in [0.4, 0.5) is 0 Å². The molecule has 0 radical (unpaired) electrons. The lowest BCUT2D eigenvalue weighted by atomic mass is 9.66. The summed E-state index contributed by atoms with van der Waals surface area (Å²) in [7, 11) is 0.738. The van der Waals surface area contributed by atoms with Gasteiger partial charge in [0.15, 0.2) is 10.9 Å². The highest BCUT2D eigenvalue weighted by Crippen LogP contribution is 2.53. The molecule has 0 atom stereocenters. The predicted octanol–water partition coefficient (Wildman–Crippen LogP) is 4.61. The maximum absolute atomic E-state index is 11.8. The van der Waals surface area contributed by atoms with Gasteiger partial charge in [-0.3, -0.25) is 4.79 Å². The van der Waals surface area contributed by atoms with Crippen LogP contribution in [0.25, 0.3) is 0 Å². The Balaban J connectivity index is 2.01. The highest BCUT2D eigenvalue weighted by molar-refractivity contribution is 8.13. The molecule has 2 aromatic carbocycles. The second-order valence-corrected chi connectivity index (χ2v) is 15.4. The van der Waals surface area contributed by atoms with Crippen molar-refractivity contribution in [1.29, 1.82) is 0 Å². The van der Waals surface area contributed by atoms with E-state index in [4.69, 9.17) is 13.9 Å².